The van der Waals surface area contributed by atoms with Crippen LogP contribution in [0.4, 0.5) is 0 Å². The lowest BCUT2D eigenvalue weighted by Gasteiger charge is -2.18. The first-order valence-corrected chi connectivity index (χ1v) is 8.11. The Hall–Kier alpha value is -3.34. The summed E-state index contributed by atoms with van der Waals surface area (Å²) in [6.45, 7) is 7.59. The van der Waals surface area contributed by atoms with E-state index in [-0.39, 0.29) is 18.3 Å². The summed E-state index contributed by atoms with van der Waals surface area (Å²) in [5.74, 6) is -0.674. The normalized spacial score (nSPS) is 10.0. The van der Waals surface area contributed by atoms with E-state index in [0.717, 1.165) is 11.1 Å². The fraction of sp³-hybridized carbons (Fsp3) is 0.143. The Morgan fingerprint density at radius 3 is 1.92 bits per heavy atom. The highest BCUT2D eigenvalue weighted by molar-refractivity contribution is 5.92. The van der Waals surface area contributed by atoms with Crippen molar-refractivity contribution in [2.75, 3.05) is 19.7 Å². The molecule has 0 aromatic heterocycles. The summed E-state index contributed by atoms with van der Waals surface area (Å²) in [7, 11) is 0. The molecular weight excluding hydrogens is 330 g/mol. The van der Waals surface area contributed by atoms with E-state index >= 15 is 0 Å². The maximum Gasteiger partial charge on any atom is 0.338 e. The monoisotopic (exact) mass is 351 g/mol. The molecule has 1 amide bonds. The van der Waals surface area contributed by atoms with Crippen LogP contribution in [0.2, 0.25) is 0 Å². The first-order valence-electron chi connectivity index (χ1n) is 8.11. The Kier molecular flexibility index (Phi) is 6.74. The van der Waals surface area contributed by atoms with E-state index in [1.54, 1.807) is 60.7 Å². The molecule has 5 nitrogen and oxygen atoms in total. The van der Waals surface area contributed by atoms with E-state index in [2.05, 4.69) is 13.2 Å². The number of nitrogens with zero attached hydrogens (tertiary/aromatic N) is 1. The zero-order valence-corrected chi connectivity index (χ0v) is 14.4. The molecule has 0 spiro atoms. The average molecular weight is 351 g/mol. The van der Waals surface area contributed by atoms with Crippen molar-refractivity contribution in [3.8, 4) is 16.9 Å². The van der Waals surface area contributed by atoms with Gasteiger partial charge in [0.1, 0.15) is 5.75 Å². The van der Waals surface area contributed by atoms with Gasteiger partial charge in [0.05, 0.1) is 5.56 Å². The summed E-state index contributed by atoms with van der Waals surface area (Å²) < 4.78 is 5.09. The van der Waals surface area contributed by atoms with Crippen molar-refractivity contribution in [3.05, 3.63) is 79.4 Å². The molecule has 1 N–H and O–H groups in total. The van der Waals surface area contributed by atoms with Crippen LogP contribution >= 0.6 is 0 Å². The van der Waals surface area contributed by atoms with Gasteiger partial charge in [-0.3, -0.25) is 4.79 Å². The highest BCUT2D eigenvalue weighted by Crippen LogP contribution is 2.22. The van der Waals surface area contributed by atoms with Gasteiger partial charge < -0.3 is 14.7 Å². The molecule has 2 aromatic rings. The molecule has 0 aliphatic heterocycles. The van der Waals surface area contributed by atoms with Gasteiger partial charge in [-0.2, -0.15) is 0 Å². The number of ether oxygens (including phenoxy) is 1. The van der Waals surface area contributed by atoms with E-state index in [4.69, 9.17) is 4.74 Å². The van der Waals surface area contributed by atoms with Crippen molar-refractivity contribution in [1.29, 1.82) is 0 Å². The van der Waals surface area contributed by atoms with E-state index in [0.29, 0.717) is 18.7 Å². The van der Waals surface area contributed by atoms with Crippen LogP contribution in [0.1, 0.15) is 10.4 Å². The standard InChI is InChI=1S/C21H21NO4/c1-3-13-22(14-4-2)20(24)15-26-21(25)18-7-5-16(6-8-18)17-9-11-19(23)12-10-17/h3-12,23H,1-2,13-15H2. The smallest absolute Gasteiger partial charge is 0.338 e. The Morgan fingerprint density at radius 2 is 1.42 bits per heavy atom. The molecule has 26 heavy (non-hydrogen) atoms. The quantitative estimate of drug-likeness (QED) is 0.585. The first kappa shape index (κ1) is 19.0. The lowest BCUT2D eigenvalue weighted by molar-refractivity contribution is -0.133. The molecule has 0 aliphatic carbocycles. The van der Waals surface area contributed by atoms with E-state index in [9.17, 15) is 14.7 Å². The molecule has 0 aliphatic rings. The average Bonchev–Trinajstić information content (AvgIpc) is 2.66. The number of phenolic OH excluding ortho intramolecular Hbond substituents is 1. The number of esters is 1. The van der Waals surface area contributed by atoms with Crippen LogP contribution < -0.4 is 0 Å². The minimum Gasteiger partial charge on any atom is -0.508 e. The SMILES string of the molecule is C=CCN(CC=C)C(=O)COC(=O)c1ccc(-c2ccc(O)cc2)cc1. The van der Waals surface area contributed by atoms with Crippen molar-refractivity contribution in [1.82, 2.24) is 4.90 Å². The van der Waals surface area contributed by atoms with Crippen LogP contribution in [-0.2, 0) is 9.53 Å². The lowest BCUT2D eigenvalue weighted by Crippen LogP contribution is -2.35. The van der Waals surface area contributed by atoms with E-state index < -0.39 is 5.97 Å². The lowest BCUT2D eigenvalue weighted by atomic mass is 10.0. The number of aromatic hydroxyl groups is 1. The van der Waals surface area contributed by atoms with Gasteiger partial charge in [0, 0.05) is 13.1 Å². The molecule has 2 rings (SSSR count). The van der Waals surface area contributed by atoms with Crippen molar-refractivity contribution in [2.24, 2.45) is 0 Å². The fourth-order valence-electron chi connectivity index (χ4n) is 2.34. The topological polar surface area (TPSA) is 66.8 Å². The Bertz CT molecular complexity index is 769. The third-order valence-corrected chi connectivity index (χ3v) is 3.70. The zero-order chi connectivity index (χ0) is 18.9. The molecule has 0 bridgehead atoms. The van der Waals surface area contributed by atoms with Gasteiger partial charge >= 0.3 is 5.97 Å². The van der Waals surface area contributed by atoms with Crippen LogP contribution in [0.5, 0.6) is 5.75 Å². The predicted molar refractivity (Wildman–Crippen MR) is 101 cm³/mol. The number of phenols is 1. The van der Waals surface area contributed by atoms with Crippen LogP contribution in [-0.4, -0.2) is 41.6 Å². The van der Waals surface area contributed by atoms with Crippen LogP contribution in [0.3, 0.4) is 0 Å². The third kappa shape index (κ3) is 5.08. The minimum atomic E-state index is -0.562. The summed E-state index contributed by atoms with van der Waals surface area (Å²) in [5.41, 5.74) is 2.18. The van der Waals surface area contributed by atoms with Crippen molar-refractivity contribution >= 4 is 11.9 Å². The third-order valence-electron chi connectivity index (χ3n) is 3.70. The van der Waals surface area contributed by atoms with Gasteiger partial charge in [-0.25, -0.2) is 4.79 Å². The molecule has 2 aromatic carbocycles. The second-order valence-electron chi connectivity index (χ2n) is 5.58. The molecule has 0 unspecified atom stereocenters. The minimum absolute atomic E-state index is 0.195. The van der Waals surface area contributed by atoms with Gasteiger partial charge in [-0.05, 0) is 35.4 Å². The van der Waals surface area contributed by atoms with Crippen molar-refractivity contribution in [3.63, 3.8) is 0 Å². The second-order valence-corrected chi connectivity index (χ2v) is 5.58. The Morgan fingerprint density at radius 1 is 0.923 bits per heavy atom. The number of rotatable bonds is 8. The molecular formula is C21H21NO4. The van der Waals surface area contributed by atoms with E-state index in [1.165, 1.54) is 4.90 Å². The molecule has 0 heterocycles. The molecule has 0 saturated heterocycles. The number of hydrogen-bond acceptors (Lipinski definition) is 4. The zero-order valence-electron chi connectivity index (χ0n) is 14.4. The first-order chi connectivity index (χ1) is 12.5. The summed E-state index contributed by atoms with van der Waals surface area (Å²) in [6.07, 6.45) is 3.20. The number of amides is 1. The summed E-state index contributed by atoms with van der Waals surface area (Å²) in [6, 6.07) is 13.6. The number of carbonyl (C=O) groups excluding carboxylic acids is 2. The Balaban J connectivity index is 1.97. The van der Waals surface area contributed by atoms with Gasteiger partial charge in [-0.1, -0.05) is 36.4 Å². The number of carbonyl (C=O) groups is 2. The van der Waals surface area contributed by atoms with Gasteiger partial charge in [-0.15, -0.1) is 13.2 Å². The van der Waals surface area contributed by atoms with Crippen molar-refractivity contribution < 1.29 is 19.4 Å². The highest BCUT2D eigenvalue weighted by atomic mass is 16.5. The molecule has 0 radical (unpaired) electrons. The summed E-state index contributed by atoms with van der Waals surface area (Å²) >= 11 is 0. The van der Waals surface area contributed by atoms with Crippen LogP contribution in [0.15, 0.2) is 73.8 Å². The maximum atomic E-state index is 12.1. The molecule has 0 saturated carbocycles. The van der Waals surface area contributed by atoms with Crippen LogP contribution in [0.25, 0.3) is 11.1 Å². The van der Waals surface area contributed by atoms with E-state index in [1.807, 2.05) is 0 Å². The van der Waals surface area contributed by atoms with Gasteiger partial charge in [0.25, 0.3) is 5.91 Å². The van der Waals surface area contributed by atoms with Gasteiger partial charge in [0.15, 0.2) is 6.61 Å². The fourth-order valence-corrected chi connectivity index (χ4v) is 2.34. The van der Waals surface area contributed by atoms with Gasteiger partial charge in [0.2, 0.25) is 0 Å². The summed E-state index contributed by atoms with van der Waals surface area (Å²) in [5, 5.41) is 9.33. The maximum absolute atomic E-state index is 12.1. The predicted octanol–water partition coefficient (Wildman–Crippen LogP) is 3.42. The largest absolute Gasteiger partial charge is 0.508 e. The summed E-state index contributed by atoms with van der Waals surface area (Å²) in [4.78, 5) is 25.7. The molecule has 0 fully saturated rings. The Labute approximate surface area is 152 Å². The molecule has 5 heteroatoms. The number of hydrogen-bond donors (Lipinski definition) is 1. The van der Waals surface area contributed by atoms with Crippen LogP contribution in [0, 0.1) is 0 Å². The molecule has 0 atom stereocenters. The van der Waals surface area contributed by atoms with Crippen molar-refractivity contribution in [2.45, 2.75) is 0 Å². The highest BCUT2D eigenvalue weighted by Gasteiger charge is 2.14. The molecule has 134 valence electrons. The second kappa shape index (κ2) is 9.22. The number of benzene rings is 2.